The lowest BCUT2D eigenvalue weighted by molar-refractivity contribution is 0.0782. The molecule has 0 spiro atoms. The fraction of sp³-hybridized carbons (Fsp3) is 0.700. The largest absolute Gasteiger partial charge is 0.367 e. The van der Waals surface area contributed by atoms with E-state index in [0.717, 1.165) is 37.9 Å². The third kappa shape index (κ3) is 4.51. The van der Waals surface area contributed by atoms with Gasteiger partial charge in [-0.15, -0.1) is 0 Å². The number of anilines is 1. The van der Waals surface area contributed by atoms with Crippen LogP contribution in [-0.4, -0.2) is 84.2 Å². The molecule has 4 rings (SSSR count). The molecule has 0 aromatic heterocycles. The summed E-state index contributed by atoms with van der Waals surface area (Å²) in [5, 5.41) is 0. The summed E-state index contributed by atoms with van der Waals surface area (Å²) in [6, 6.07) is 8.64. The van der Waals surface area contributed by atoms with Crippen LogP contribution < -0.4 is 4.90 Å². The molecule has 1 aromatic rings. The molecule has 0 saturated carbocycles. The molecule has 1 aromatic carbocycles. The third-order valence-corrected chi connectivity index (χ3v) is 8.45. The molecule has 1 atom stereocenters. The predicted molar refractivity (Wildman–Crippen MR) is 113 cm³/mol. The molecule has 1 unspecified atom stereocenters. The van der Waals surface area contributed by atoms with Gasteiger partial charge in [-0.3, -0.25) is 9.80 Å². The predicted octanol–water partition coefficient (Wildman–Crippen LogP) is 3.26. The molecule has 0 aliphatic carbocycles. The first-order valence-corrected chi connectivity index (χ1v) is 12.3. The van der Waals surface area contributed by atoms with Gasteiger partial charge in [0.05, 0.1) is 5.69 Å². The molecule has 3 aliphatic heterocycles. The lowest BCUT2D eigenvalue weighted by Gasteiger charge is -2.45. The first kappa shape index (κ1) is 18.9. The first-order chi connectivity index (χ1) is 12.8. The van der Waals surface area contributed by atoms with Gasteiger partial charge in [0.2, 0.25) is 0 Å². The van der Waals surface area contributed by atoms with Crippen molar-refractivity contribution >= 4 is 29.2 Å². The fourth-order valence-corrected chi connectivity index (χ4v) is 7.09. The second-order valence-corrected chi connectivity index (χ2v) is 9.87. The van der Waals surface area contributed by atoms with E-state index in [2.05, 4.69) is 38.2 Å². The van der Waals surface area contributed by atoms with Gasteiger partial charge in [-0.25, -0.2) is 4.39 Å². The molecular weight excluding hydrogens is 365 g/mol. The summed E-state index contributed by atoms with van der Waals surface area (Å²) in [4.78, 5) is 7.65. The van der Waals surface area contributed by atoms with Crippen LogP contribution in [0, 0.1) is 5.82 Å². The smallest absolute Gasteiger partial charge is 0.146 e. The number of thioether (sulfide) groups is 2. The minimum atomic E-state index is -0.0897. The van der Waals surface area contributed by atoms with Gasteiger partial charge in [0.1, 0.15) is 5.82 Å². The number of piperidine rings is 1. The standard InChI is InChI=1S/C20H30FN3S2/c21-19-5-1-2-6-20(19)23-10-8-22(9-11-23)17-4-3-7-24(14-17)18-15-25-12-13-26-16-18/h1-2,5-6,17-18H,3-4,7-16H2. The number of hydrogen-bond acceptors (Lipinski definition) is 5. The average molecular weight is 396 g/mol. The van der Waals surface area contributed by atoms with Gasteiger partial charge in [-0.05, 0) is 31.5 Å². The summed E-state index contributed by atoms with van der Waals surface area (Å²) >= 11 is 4.27. The summed E-state index contributed by atoms with van der Waals surface area (Å²) < 4.78 is 14.1. The average Bonchev–Trinajstić information content (AvgIpc) is 2.98. The highest BCUT2D eigenvalue weighted by atomic mass is 32.2. The lowest BCUT2D eigenvalue weighted by atomic mass is 10.0. The number of benzene rings is 1. The molecule has 3 saturated heterocycles. The van der Waals surface area contributed by atoms with Crippen molar-refractivity contribution in [2.45, 2.75) is 24.9 Å². The highest BCUT2D eigenvalue weighted by Crippen LogP contribution is 2.26. The van der Waals surface area contributed by atoms with Crippen LogP contribution in [0.25, 0.3) is 0 Å². The Morgan fingerprint density at radius 1 is 0.846 bits per heavy atom. The number of hydrogen-bond donors (Lipinski definition) is 0. The molecule has 0 amide bonds. The van der Waals surface area contributed by atoms with Crippen molar-refractivity contribution in [3.63, 3.8) is 0 Å². The van der Waals surface area contributed by atoms with E-state index in [4.69, 9.17) is 0 Å². The highest BCUT2D eigenvalue weighted by Gasteiger charge is 2.31. The maximum absolute atomic E-state index is 14.1. The van der Waals surface area contributed by atoms with Crippen LogP contribution in [0.3, 0.4) is 0 Å². The third-order valence-electron chi connectivity index (χ3n) is 5.96. The molecule has 26 heavy (non-hydrogen) atoms. The quantitative estimate of drug-likeness (QED) is 0.775. The Hall–Kier alpha value is -0.430. The van der Waals surface area contributed by atoms with Crippen LogP contribution in [0.1, 0.15) is 12.8 Å². The Labute approximate surface area is 165 Å². The number of rotatable bonds is 3. The molecule has 3 nitrogen and oxygen atoms in total. The molecule has 144 valence electrons. The zero-order valence-corrected chi connectivity index (χ0v) is 17.1. The number of para-hydroxylation sites is 1. The van der Waals surface area contributed by atoms with Gasteiger partial charge < -0.3 is 4.90 Å². The van der Waals surface area contributed by atoms with Crippen molar-refractivity contribution in [2.75, 3.05) is 67.2 Å². The van der Waals surface area contributed by atoms with Crippen LogP contribution in [0.2, 0.25) is 0 Å². The zero-order valence-electron chi connectivity index (χ0n) is 15.5. The topological polar surface area (TPSA) is 9.72 Å². The Morgan fingerprint density at radius 2 is 1.58 bits per heavy atom. The van der Waals surface area contributed by atoms with Crippen molar-refractivity contribution in [2.24, 2.45) is 0 Å². The van der Waals surface area contributed by atoms with Crippen molar-refractivity contribution in [3.05, 3.63) is 30.1 Å². The van der Waals surface area contributed by atoms with Crippen LogP contribution in [0.15, 0.2) is 24.3 Å². The van der Waals surface area contributed by atoms with E-state index < -0.39 is 0 Å². The second kappa shape index (κ2) is 9.18. The van der Waals surface area contributed by atoms with E-state index in [1.807, 2.05) is 12.1 Å². The summed E-state index contributed by atoms with van der Waals surface area (Å²) in [6.07, 6.45) is 2.65. The summed E-state index contributed by atoms with van der Waals surface area (Å²) in [5.74, 6) is 5.15. The van der Waals surface area contributed by atoms with E-state index in [9.17, 15) is 4.39 Å². The van der Waals surface area contributed by atoms with Gasteiger partial charge in [0, 0.05) is 67.8 Å². The molecular formula is C20H30FN3S2. The molecule has 6 heteroatoms. The van der Waals surface area contributed by atoms with Gasteiger partial charge >= 0.3 is 0 Å². The number of nitrogens with zero attached hydrogens (tertiary/aromatic N) is 3. The Kier molecular flexibility index (Phi) is 6.67. The van der Waals surface area contributed by atoms with Crippen molar-refractivity contribution in [1.29, 1.82) is 0 Å². The Bertz CT molecular complexity index is 572. The second-order valence-electron chi connectivity index (χ2n) is 7.57. The Balaban J connectivity index is 1.32. The summed E-state index contributed by atoms with van der Waals surface area (Å²) in [6.45, 7) is 6.49. The van der Waals surface area contributed by atoms with Gasteiger partial charge in [0.25, 0.3) is 0 Å². The minimum absolute atomic E-state index is 0.0897. The lowest BCUT2D eigenvalue weighted by Crippen LogP contribution is -2.57. The van der Waals surface area contributed by atoms with E-state index in [1.165, 1.54) is 48.9 Å². The minimum Gasteiger partial charge on any atom is -0.367 e. The first-order valence-electron chi connectivity index (χ1n) is 9.94. The zero-order chi connectivity index (χ0) is 17.8. The number of likely N-dealkylation sites (tertiary alicyclic amines) is 1. The van der Waals surface area contributed by atoms with Crippen molar-refractivity contribution < 1.29 is 4.39 Å². The van der Waals surface area contributed by atoms with Crippen LogP contribution >= 0.6 is 23.5 Å². The normalized spacial score (nSPS) is 27.4. The molecule has 0 radical (unpaired) electrons. The van der Waals surface area contributed by atoms with Crippen LogP contribution in [0.5, 0.6) is 0 Å². The maximum atomic E-state index is 14.1. The monoisotopic (exact) mass is 395 g/mol. The summed E-state index contributed by atoms with van der Waals surface area (Å²) in [7, 11) is 0. The van der Waals surface area contributed by atoms with Crippen molar-refractivity contribution in [1.82, 2.24) is 9.80 Å². The van der Waals surface area contributed by atoms with Gasteiger partial charge in [0.15, 0.2) is 0 Å². The molecule has 0 bridgehead atoms. The van der Waals surface area contributed by atoms with Crippen molar-refractivity contribution in [3.8, 4) is 0 Å². The molecule has 3 heterocycles. The number of halogens is 1. The summed E-state index contributed by atoms with van der Waals surface area (Å²) in [5.41, 5.74) is 0.768. The van der Waals surface area contributed by atoms with E-state index in [1.54, 1.807) is 12.1 Å². The SMILES string of the molecule is Fc1ccccc1N1CCN(C2CCCN(C3CSCCSC3)C2)CC1. The van der Waals surface area contributed by atoms with E-state index >= 15 is 0 Å². The van der Waals surface area contributed by atoms with Gasteiger partial charge in [-0.1, -0.05) is 12.1 Å². The van der Waals surface area contributed by atoms with E-state index in [-0.39, 0.29) is 5.82 Å². The van der Waals surface area contributed by atoms with Gasteiger partial charge in [-0.2, -0.15) is 23.5 Å². The van der Waals surface area contributed by atoms with Crippen LogP contribution in [-0.2, 0) is 0 Å². The molecule has 3 fully saturated rings. The highest BCUT2D eigenvalue weighted by molar-refractivity contribution is 8.03. The Morgan fingerprint density at radius 3 is 2.31 bits per heavy atom. The van der Waals surface area contributed by atoms with E-state index in [0.29, 0.717) is 6.04 Å². The molecule has 3 aliphatic rings. The fourth-order valence-electron chi connectivity index (χ4n) is 4.46. The van der Waals surface area contributed by atoms with Crippen LogP contribution in [0.4, 0.5) is 10.1 Å². The molecule has 0 N–H and O–H groups in total. The number of piperazine rings is 1. The maximum Gasteiger partial charge on any atom is 0.146 e.